The minimum Gasteiger partial charge on any atom is -0.369 e. The Morgan fingerprint density at radius 1 is 1.50 bits per heavy atom. The van der Waals surface area contributed by atoms with Crippen LogP contribution in [0.1, 0.15) is 20.3 Å². The van der Waals surface area contributed by atoms with Crippen LogP contribution in [0.3, 0.4) is 0 Å². The summed E-state index contributed by atoms with van der Waals surface area (Å²) >= 11 is 0. The molecule has 0 spiro atoms. The van der Waals surface area contributed by atoms with E-state index in [-0.39, 0.29) is 17.2 Å². The lowest BCUT2D eigenvalue weighted by molar-refractivity contribution is -0.119. The molecule has 1 rings (SSSR count). The molecule has 1 fully saturated rings. The lowest BCUT2D eigenvalue weighted by atomic mass is 10.1. The number of primary amides is 1. The fourth-order valence-electron chi connectivity index (χ4n) is 1.52. The summed E-state index contributed by atoms with van der Waals surface area (Å²) < 4.78 is 11.6. The quantitative estimate of drug-likeness (QED) is 0.692. The standard InChI is InChI=1S/C9H18N2O2S/c1-9(2)3-4-11(7-8(10)12)5-6-14(9)13/h3-7H2,1-2H3,(H2,10,12). The highest BCUT2D eigenvalue weighted by Gasteiger charge is 2.29. The second-order valence-electron chi connectivity index (χ2n) is 4.30. The molecule has 14 heavy (non-hydrogen) atoms. The van der Waals surface area contributed by atoms with E-state index in [9.17, 15) is 9.00 Å². The van der Waals surface area contributed by atoms with E-state index in [4.69, 9.17) is 5.73 Å². The Morgan fingerprint density at radius 3 is 2.71 bits per heavy atom. The van der Waals surface area contributed by atoms with E-state index >= 15 is 0 Å². The van der Waals surface area contributed by atoms with Gasteiger partial charge in [-0.25, -0.2) is 0 Å². The Kier molecular flexibility index (Phi) is 3.66. The van der Waals surface area contributed by atoms with Gasteiger partial charge in [-0.1, -0.05) is 0 Å². The van der Waals surface area contributed by atoms with Crippen molar-refractivity contribution in [2.24, 2.45) is 5.73 Å². The number of carbonyl (C=O) groups excluding carboxylic acids is 1. The van der Waals surface area contributed by atoms with Gasteiger partial charge in [0, 0.05) is 34.4 Å². The van der Waals surface area contributed by atoms with E-state index in [1.807, 2.05) is 18.7 Å². The first-order valence-electron chi connectivity index (χ1n) is 4.81. The number of hydrogen-bond donors (Lipinski definition) is 1. The highest BCUT2D eigenvalue weighted by molar-refractivity contribution is 7.86. The molecule has 0 aliphatic carbocycles. The molecule has 1 heterocycles. The highest BCUT2D eigenvalue weighted by Crippen LogP contribution is 2.21. The lowest BCUT2D eigenvalue weighted by Crippen LogP contribution is -2.35. The van der Waals surface area contributed by atoms with Crippen LogP contribution in [0.15, 0.2) is 0 Å². The fraction of sp³-hybridized carbons (Fsp3) is 0.889. The zero-order valence-corrected chi connectivity index (χ0v) is 9.60. The van der Waals surface area contributed by atoms with Crippen molar-refractivity contribution < 1.29 is 9.00 Å². The molecule has 5 heteroatoms. The molecule has 0 radical (unpaired) electrons. The van der Waals surface area contributed by atoms with Crippen molar-refractivity contribution in [3.63, 3.8) is 0 Å². The van der Waals surface area contributed by atoms with Gasteiger partial charge in [0.15, 0.2) is 0 Å². The monoisotopic (exact) mass is 218 g/mol. The van der Waals surface area contributed by atoms with Gasteiger partial charge in [0.25, 0.3) is 0 Å². The Morgan fingerprint density at radius 2 is 2.14 bits per heavy atom. The van der Waals surface area contributed by atoms with Crippen molar-refractivity contribution in [1.82, 2.24) is 4.90 Å². The molecule has 4 nitrogen and oxygen atoms in total. The van der Waals surface area contributed by atoms with Gasteiger partial charge in [-0.15, -0.1) is 0 Å². The van der Waals surface area contributed by atoms with Crippen molar-refractivity contribution in [3.8, 4) is 0 Å². The Labute approximate surface area is 87.3 Å². The summed E-state index contributed by atoms with van der Waals surface area (Å²) in [7, 11) is -0.797. The van der Waals surface area contributed by atoms with Crippen LogP contribution in [0.4, 0.5) is 0 Å². The number of hydrogen-bond acceptors (Lipinski definition) is 3. The van der Waals surface area contributed by atoms with Crippen molar-refractivity contribution in [2.45, 2.75) is 25.0 Å². The first-order valence-corrected chi connectivity index (χ1v) is 6.13. The molecule has 2 N–H and O–H groups in total. The van der Waals surface area contributed by atoms with Gasteiger partial charge in [0.2, 0.25) is 5.91 Å². The summed E-state index contributed by atoms with van der Waals surface area (Å²) in [4.78, 5) is 12.7. The average Bonchev–Trinajstić information content (AvgIpc) is 2.17. The van der Waals surface area contributed by atoms with Crippen molar-refractivity contribution in [2.75, 3.05) is 25.4 Å². The zero-order chi connectivity index (χ0) is 10.8. The average molecular weight is 218 g/mol. The number of nitrogens with two attached hydrogens (primary N) is 1. The van der Waals surface area contributed by atoms with Crippen LogP contribution < -0.4 is 5.73 Å². The van der Waals surface area contributed by atoms with E-state index in [1.165, 1.54) is 0 Å². The van der Waals surface area contributed by atoms with Gasteiger partial charge in [-0.3, -0.25) is 13.9 Å². The summed E-state index contributed by atoms with van der Waals surface area (Å²) in [5.41, 5.74) is 5.12. The van der Waals surface area contributed by atoms with Crippen LogP contribution in [0, 0.1) is 0 Å². The predicted molar refractivity (Wildman–Crippen MR) is 57.3 cm³/mol. The van der Waals surface area contributed by atoms with E-state index in [0.29, 0.717) is 12.3 Å². The molecule has 1 aliphatic heterocycles. The molecule has 0 aromatic carbocycles. The maximum atomic E-state index is 11.7. The van der Waals surface area contributed by atoms with E-state index in [2.05, 4.69) is 0 Å². The minimum atomic E-state index is -0.797. The molecule has 0 aromatic heterocycles. The Bertz CT molecular complexity index is 253. The molecule has 1 aliphatic rings. The summed E-state index contributed by atoms with van der Waals surface area (Å²) in [6, 6.07) is 0. The van der Waals surface area contributed by atoms with Gasteiger partial charge >= 0.3 is 0 Å². The third kappa shape index (κ3) is 3.06. The highest BCUT2D eigenvalue weighted by atomic mass is 32.2. The Hall–Kier alpha value is -0.420. The van der Waals surface area contributed by atoms with E-state index in [0.717, 1.165) is 13.0 Å². The maximum Gasteiger partial charge on any atom is 0.231 e. The van der Waals surface area contributed by atoms with Crippen LogP contribution in [0.25, 0.3) is 0 Å². The van der Waals surface area contributed by atoms with E-state index < -0.39 is 10.8 Å². The van der Waals surface area contributed by atoms with Gasteiger partial charge in [-0.2, -0.15) is 0 Å². The normalized spacial score (nSPS) is 28.3. The summed E-state index contributed by atoms with van der Waals surface area (Å²) in [6.45, 7) is 5.82. The van der Waals surface area contributed by atoms with Crippen LogP contribution in [-0.2, 0) is 15.6 Å². The fourth-order valence-corrected chi connectivity index (χ4v) is 2.82. The molecule has 82 valence electrons. The largest absolute Gasteiger partial charge is 0.369 e. The second-order valence-corrected chi connectivity index (χ2v) is 6.51. The van der Waals surface area contributed by atoms with Crippen molar-refractivity contribution in [1.29, 1.82) is 0 Å². The van der Waals surface area contributed by atoms with Crippen LogP contribution in [0.2, 0.25) is 0 Å². The SMILES string of the molecule is CC1(C)CCN(CC(N)=O)CCS1=O. The summed E-state index contributed by atoms with van der Waals surface area (Å²) in [5.74, 6) is 0.329. The number of carbonyl (C=O) groups is 1. The maximum absolute atomic E-state index is 11.7. The molecule has 0 saturated carbocycles. The van der Waals surface area contributed by atoms with Gasteiger partial charge in [0.1, 0.15) is 0 Å². The number of amides is 1. The van der Waals surface area contributed by atoms with Gasteiger partial charge < -0.3 is 5.73 Å². The molecular formula is C9H18N2O2S. The second kappa shape index (κ2) is 4.40. The van der Waals surface area contributed by atoms with Crippen LogP contribution in [0.5, 0.6) is 0 Å². The van der Waals surface area contributed by atoms with Gasteiger partial charge in [0.05, 0.1) is 6.54 Å². The summed E-state index contributed by atoms with van der Waals surface area (Å²) in [6.07, 6.45) is 0.854. The predicted octanol–water partition coefficient (Wildman–Crippen LogP) is -0.295. The Balaban J connectivity index is 2.56. The number of rotatable bonds is 2. The molecule has 1 amide bonds. The summed E-state index contributed by atoms with van der Waals surface area (Å²) in [5, 5.41) is 0. The van der Waals surface area contributed by atoms with Crippen LogP contribution >= 0.6 is 0 Å². The molecule has 1 saturated heterocycles. The molecular weight excluding hydrogens is 200 g/mol. The third-order valence-electron chi connectivity index (χ3n) is 2.62. The minimum absolute atomic E-state index is 0.133. The number of nitrogens with zero attached hydrogens (tertiary/aromatic N) is 1. The molecule has 1 atom stereocenters. The topological polar surface area (TPSA) is 63.4 Å². The van der Waals surface area contributed by atoms with Gasteiger partial charge in [-0.05, 0) is 20.3 Å². The van der Waals surface area contributed by atoms with Crippen molar-refractivity contribution in [3.05, 3.63) is 0 Å². The van der Waals surface area contributed by atoms with Crippen LogP contribution in [-0.4, -0.2) is 45.2 Å². The molecule has 1 unspecified atom stereocenters. The molecule has 0 aromatic rings. The molecule has 0 bridgehead atoms. The third-order valence-corrected chi connectivity index (χ3v) is 4.61. The first-order chi connectivity index (χ1) is 6.42. The zero-order valence-electron chi connectivity index (χ0n) is 8.78. The first kappa shape index (κ1) is 11.7. The smallest absolute Gasteiger partial charge is 0.231 e. The van der Waals surface area contributed by atoms with Crippen molar-refractivity contribution >= 4 is 16.7 Å². The van der Waals surface area contributed by atoms with E-state index in [1.54, 1.807) is 0 Å². The lowest BCUT2D eigenvalue weighted by Gasteiger charge is -2.21.